The van der Waals surface area contributed by atoms with Gasteiger partial charge in [-0.05, 0) is 42.8 Å². The van der Waals surface area contributed by atoms with Crippen molar-refractivity contribution in [2.24, 2.45) is 0 Å². The summed E-state index contributed by atoms with van der Waals surface area (Å²) in [4.78, 5) is 12.4. The summed E-state index contributed by atoms with van der Waals surface area (Å²) >= 11 is 0. The number of aryl methyl sites for hydroxylation is 1. The molecule has 1 aromatic carbocycles. The summed E-state index contributed by atoms with van der Waals surface area (Å²) in [7, 11) is 0. The van der Waals surface area contributed by atoms with Crippen molar-refractivity contribution < 1.29 is 17.9 Å². The van der Waals surface area contributed by atoms with E-state index in [1.807, 2.05) is 19.1 Å². The van der Waals surface area contributed by atoms with Gasteiger partial charge in [0.1, 0.15) is 23.6 Å². The van der Waals surface area contributed by atoms with Gasteiger partial charge in [-0.15, -0.1) is 13.2 Å². The average Bonchev–Trinajstić information content (AvgIpc) is 2.61. The van der Waals surface area contributed by atoms with Crippen molar-refractivity contribution in [1.82, 2.24) is 15.0 Å². The molecule has 7 nitrogen and oxygen atoms in total. The smallest absolute Gasteiger partial charge is 0.406 e. The highest BCUT2D eigenvalue weighted by atomic mass is 19.4. The Kier molecular flexibility index (Phi) is 4.97. The Morgan fingerprint density at radius 1 is 0.926 bits per heavy atom. The highest BCUT2D eigenvalue weighted by Gasteiger charge is 2.30. The van der Waals surface area contributed by atoms with Crippen molar-refractivity contribution in [3.05, 3.63) is 54.5 Å². The number of nitrogens with zero attached hydrogens (tertiary/aromatic N) is 3. The van der Waals surface area contributed by atoms with Crippen molar-refractivity contribution in [2.45, 2.75) is 13.3 Å². The molecular weight excluding hydrogens is 361 g/mol. The fourth-order valence-electron chi connectivity index (χ4n) is 2.20. The number of nitrogens with one attached hydrogen (secondary N) is 2. The van der Waals surface area contributed by atoms with Crippen LogP contribution in [0.2, 0.25) is 0 Å². The van der Waals surface area contributed by atoms with Gasteiger partial charge in [-0.25, -0.2) is 15.0 Å². The molecule has 10 heteroatoms. The molecule has 140 valence electrons. The van der Waals surface area contributed by atoms with Gasteiger partial charge in [-0.2, -0.15) is 0 Å². The van der Waals surface area contributed by atoms with Crippen LogP contribution in [0.4, 0.5) is 42.0 Å². The molecule has 0 amide bonds. The largest absolute Gasteiger partial charge is 0.573 e. The van der Waals surface area contributed by atoms with Gasteiger partial charge in [-0.3, -0.25) is 0 Å². The SMILES string of the molecule is Cc1cccnc1Nc1ncnc(Nc2ccc(OC(F)(F)F)cc2)c1N. The molecule has 3 rings (SSSR count). The van der Waals surface area contributed by atoms with E-state index in [0.717, 1.165) is 5.56 Å². The molecule has 3 aromatic rings. The molecule has 27 heavy (non-hydrogen) atoms. The van der Waals surface area contributed by atoms with Gasteiger partial charge in [0.2, 0.25) is 0 Å². The number of anilines is 5. The third kappa shape index (κ3) is 4.75. The first-order valence-electron chi connectivity index (χ1n) is 7.74. The Morgan fingerprint density at radius 3 is 2.22 bits per heavy atom. The number of rotatable bonds is 5. The third-order valence-electron chi connectivity index (χ3n) is 3.48. The minimum absolute atomic E-state index is 0.234. The second-order valence-electron chi connectivity index (χ2n) is 5.48. The zero-order valence-electron chi connectivity index (χ0n) is 14.1. The lowest BCUT2D eigenvalue weighted by Gasteiger charge is -2.13. The van der Waals surface area contributed by atoms with Crippen LogP contribution >= 0.6 is 0 Å². The van der Waals surface area contributed by atoms with Gasteiger partial charge in [0, 0.05) is 11.9 Å². The van der Waals surface area contributed by atoms with Gasteiger partial charge in [0.25, 0.3) is 0 Å². The standard InChI is InChI=1S/C17H15F3N6O/c1-10-3-2-8-22-14(10)26-16-13(21)15(23-9-24-16)25-11-4-6-12(7-5-11)27-17(18,19)20/h2-9H,21H2,1H3,(H2,22,23,24,25,26). The number of benzene rings is 1. The van der Waals surface area contributed by atoms with Crippen LogP contribution in [0, 0.1) is 6.92 Å². The molecule has 0 atom stereocenters. The minimum atomic E-state index is -4.74. The maximum atomic E-state index is 12.2. The Balaban J connectivity index is 1.77. The summed E-state index contributed by atoms with van der Waals surface area (Å²) in [6, 6.07) is 8.89. The van der Waals surface area contributed by atoms with Crippen LogP contribution in [0.15, 0.2) is 48.9 Å². The Hall–Kier alpha value is -3.56. The lowest BCUT2D eigenvalue weighted by Crippen LogP contribution is -2.17. The predicted molar refractivity (Wildman–Crippen MR) is 95.1 cm³/mol. The topological polar surface area (TPSA) is 98.0 Å². The van der Waals surface area contributed by atoms with E-state index in [0.29, 0.717) is 23.1 Å². The lowest BCUT2D eigenvalue weighted by atomic mass is 10.3. The molecule has 0 saturated heterocycles. The maximum Gasteiger partial charge on any atom is 0.573 e. The normalized spacial score (nSPS) is 11.1. The number of hydrogen-bond acceptors (Lipinski definition) is 7. The molecule has 0 radical (unpaired) electrons. The molecule has 0 fully saturated rings. The fourth-order valence-corrected chi connectivity index (χ4v) is 2.20. The summed E-state index contributed by atoms with van der Waals surface area (Å²) in [6.45, 7) is 1.89. The van der Waals surface area contributed by atoms with E-state index in [-0.39, 0.29) is 11.4 Å². The summed E-state index contributed by atoms with van der Waals surface area (Å²) in [5.74, 6) is 0.927. The summed E-state index contributed by atoms with van der Waals surface area (Å²) in [5, 5.41) is 5.96. The molecule has 0 saturated carbocycles. The van der Waals surface area contributed by atoms with E-state index in [9.17, 15) is 13.2 Å². The highest BCUT2D eigenvalue weighted by Crippen LogP contribution is 2.29. The summed E-state index contributed by atoms with van der Waals surface area (Å²) in [6.07, 6.45) is -1.80. The third-order valence-corrected chi connectivity index (χ3v) is 3.48. The molecule has 2 heterocycles. The van der Waals surface area contributed by atoms with Crippen LogP contribution in [-0.4, -0.2) is 21.3 Å². The summed E-state index contributed by atoms with van der Waals surface area (Å²) in [5.41, 5.74) is 7.71. The number of alkyl halides is 3. The van der Waals surface area contributed by atoms with Crippen LogP contribution in [0.5, 0.6) is 5.75 Å². The Labute approximate surface area is 152 Å². The van der Waals surface area contributed by atoms with Crippen LogP contribution in [0.1, 0.15) is 5.56 Å². The average molecular weight is 376 g/mol. The van der Waals surface area contributed by atoms with Crippen molar-refractivity contribution in [1.29, 1.82) is 0 Å². The zero-order valence-corrected chi connectivity index (χ0v) is 14.1. The highest BCUT2D eigenvalue weighted by molar-refractivity contribution is 5.80. The van der Waals surface area contributed by atoms with Gasteiger partial charge in [0.05, 0.1) is 0 Å². The van der Waals surface area contributed by atoms with Crippen LogP contribution in [-0.2, 0) is 0 Å². The second-order valence-corrected chi connectivity index (χ2v) is 5.48. The van der Waals surface area contributed by atoms with Crippen LogP contribution < -0.4 is 21.1 Å². The van der Waals surface area contributed by atoms with Crippen LogP contribution in [0.3, 0.4) is 0 Å². The number of nitrogen functional groups attached to an aromatic ring is 1. The van der Waals surface area contributed by atoms with Crippen molar-refractivity contribution in [2.75, 3.05) is 16.4 Å². The Bertz CT molecular complexity index is 931. The molecule has 0 unspecified atom stereocenters. The number of ether oxygens (including phenoxy) is 1. The summed E-state index contributed by atoms with van der Waals surface area (Å²) < 4.78 is 40.5. The number of nitrogens with two attached hydrogens (primary N) is 1. The quantitative estimate of drug-likeness (QED) is 0.615. The first-order chi connectivity index (χ1) is 12.8. The van der Waals surface area contributed by atoms with Gasteiger partial charge in [-0.1, -0.05) is 6.07 Å². The van der Waals surface area contributed by atoms with Crippen molar-refractivity contribution >= 4 is 28.8 Å². The molecule has 0 spiro atoms. The molecule has 0 aliphatic carbocycles. The van der Waals surface area contributed by atoms with Crippen molar-refractivity contribution in [3.8, 4) is 5.75 Å². The minimum Gasteiger partial charge on any atom is -0.406 e. The monoisotopic (exact) mass is 376 g/mol. The molecule has 2 aromatic heterocycles. The molecule has 0 bridgehead atoms. The lowest BCUT2D eigenvalue weighted by molar-refractivity contribution is -0.274. The second kappa shape index (κ2) is 7.36. The molecule has 4 N–H and O–H groups in total. The number of halogens is 3. The van der Waals surface area contributed by atoms with E-state index in [1.165, 1.54) is 30.6 Å². The van der Waals surface area contributed by atoms with E-state index < -0.39 is 6.36 Å². The number of pyridine rings is 1. The Morgan fingerprint density at radius 2 is 1.59 bits per heavy atom. The van der Waals surface area contributed by atoms with Gasteiger partial charge < -0.3 is 21.1 Å². The van der Waals surface area contributed by atoms with E-state index in [2.05, 4.69) is 30.3 Å². The van der Waals surface area contributed by atoms with Gasteiger partial charge in [0.15, 0.2) is 11.6 Å². The van der Waals surface area contributed by atoms with Gasteiger partial charge >= 0.3 is 6.36 Å². The molecule has 0 aliphatic heterocycles. The van der Waals surface area contributed by atoms with E-state index >= 15 is 0 Å². The van der Waals surface area contributed by atoms with E-state index in [1.54, 1.807) is 6.20 Å². The zero-order chi connectivity index (χ0) is 19.4. The van der Waals surface area contributed by atoms with Crippen LogP contribution in [0.25, 0.3) is 0 Å². The maximum absolute atomic E-state index is 12.2. The predicted octanol–water partition coefficient (Wildman–Crippen LogP) is 4.15. The fraction of sp³-hybridized carbons (Fsp3) is 0.118. The first-order valence-corrected chi connectivity index (χ1v) is 7.74. The first kappa shape index (κ1) is 18.2. The number of hydrogen-bond donors (Lipinski definition) is 3. The number of aromatic nitrogens is 3. The molecular formula is C17H15F3N6O. The molecule has 0 aliphatic rings. The van der Waals surface area contributed by atoms with Crippen molar-refractivity contribution in [3.63, 3.8) is 0 Å². The van der Waals surface area contributed by atoms with E-state index in [4.69, 9.17) is 5.73 Å².